The standard InChI is InChI=1S/C19H17FN4OS4/c20-13-3-5-15(6-4-13)25-10-17-22-14(11-27-17)12-28-19-24-23-18(29-19)21-8-7-16-2-1-9-26-16/h1-6,9,11H,7-8,10,12H2,(H,21,23). The maximum atomic E-state index is 12.9. The highest BCUT2D eigenvalue weighted by atomic mass is 32.2. The zero-order chi connectivity index (χ0) is 19.9. The first-order chi connectivity index (χ1) is 14.2. The molecule has 0 fully saturated rings. The van der Waals surface area contributed by atoms with Gasteiger partial charge in [0.15, 0.2) is 4.34 Å². The van der Waals surface area contributed by atoms with Gasteiger partial charge >= 0.3 is 0 Å². The molecule has 150 valence electrons. The number of nitrogens with one attached hydrogen (secondary N) is 1. The Hall–Kier alpha value is -2.01. The SMILES string of the molecule is Fc1ccc(OCc2nc(CSc3nnc(NCCc4cccs4)s3)cs2)cc1. The van der Waals surface area contributed by atoms with Crippen molar-refractivity contribution in [2.24, 2.45) is 0 Å². The second-order valence-corrected chi connectivity index (χ2v) is 10.1. The molecule has 10 heteroatoms. The first-order valence-electron chi connectivity index (χ1n) is 8.79. The number of rotatable bonds is 10. The topological polar surface area (TPSA) is 59.9 Å². The van der Waals surface area contributed by atoms with Crippen LogP contribution < -0.4 is 10.1 Å². The average Bonchev–Trinajstić information content (AvgIpc) is 3.49. The molecule has 1 N–H and O–H groups in total. The molecule has 0 aliphatic carbocycles. The van der Waals surface area contributed by atoms with Crippen LogP contribution in [0, 0.1) is 5.82 Å². The Morgan fingerprint density at radius 2 is 2.00 bits per heavy atom. The van der Waals surface area contributed by atoms with Crippen molar-refractivity contribution in [2.75, 3.05) is 11.9 Å². The predicted molar refractivity (Wildman–Crippen MR) is 119 cm³/mol. The maximum Gasteiger partial charge on any atom is 0.206 e. The van der Waals surface area contributed by atoms with E-state index in [1.165, 1.54) is 17.0 Å². The van der Waals surface area contributed by atoms with E-state index in [0.29, 0.717) is 12.4 Å². The Morgan fingerprint density at radius 3 is 2.83 bits per heavy atom. The van der Waals surface area contributed by atoms with Crippen molar-refractivity contribution >= 4 is 50.9 Å². The highest BCUT2D eigenvalue weighted by Crippen LogP contribution is 2.29. The Bertz CT molecular complexity index is 1020. The van der Waals surface area contributed by atoms with E-state index < -0.39 is 0 Å². The second kappa shape index (κ2) is 10.1. The van der Waals surface area contributed by atoms with E-state index in [4.69, 9.17) is 4.74 Å². The first kappa shape index (κ1) is 20.3. The van der Waals surface area contributed by atoms with E-state index >= 15 is 0 Å². The average molecular weight is 465 g/mol. The number of thiophene rings is 1. The summed E-state index contributed by atoms with van der Waals surface area (Å²) in [5.41, 5.74) is 0.986. The molecule has 29 heavy (non-hydrogen) atoms. The molecular weight excluding hydrogens is 448 g/mol. The fourth-order valence-corrected chi connectivity index (χ4v) is 5.57. The van der Waals surface area contributed by atoms with Crippen molar-refractivity contribution in [3.63, 3.8) is 0 Å². The van der Waals surface area contributed by atoms with Crippen molar-refractivity contribution in [1.29, 1.82) is 0 Å². The predicted octanol–water partition coefficient (Wildman–Crippen LogP) is 5.72. The molecule has 0 aliphatic rings. The van der Waals surface area contributed by atoms with Crippen molar-refractivity contribution in [1.82, 2.24) is 15.2 Å². The van der Waals surface area contributed by atoms with Gasteiger partial charge in [0.05, 0.1) is 5.69 Å². The third kappa shape index (κ3) is 6.23. The highest BCUT2D eigenvalue weighted by Gasteiger charge is 2.08. The zero-order valence-electron chi connectivity index (χ0n) is 15.2. The largest absolute Gasteiger partial charge is 0.486 e. The van der Waals surface area contributed by atoms with Gasteiger partial charge in [-0.2, -0.15) is 0 Å². The molecule has 4 aromatic rings. The van der Waals surface area contributed by atoms with E-state index in [0.717, 1.165) is 38.9 Å². The van der Waals surface area contributed by atoms with Gasteiger partial charge < -0.3 is 10.1 Å². The van der Waals surface area contributed by atoms with Gasteiger partial charge in [0.25, 0.3) is 0 Å². The van der Waals surface area contributed by atoms with Gasteiger partial charge in [-0.25, -0.2) is 9.37 Å². The molecule has 3 heterocycles. The van der Waals surface area contributed by atoms with Crippen molar-refractivity contribution in [3.05, 3.63) is 68.6 Å². The van der Waals surface area contributed by atoms with Gasteiger partial charge in [-0.15, -0.1) is 32.9 Å². The van der Waals surface area contributed by atoms with Gasteiger partial charge in [0.1, 0.15) is 23.2 Å². The van der Waals surface area contributed by atoms with E-state index in [-0.39, 0.29) is 5.82 Å². The van der Waals surface area contributed by atoms with Crippen LogP contribution in [0.5, 0.6) is 5.75 Å². The summed E-state index contributed by atoms with van der Waals surface area (Å²) in [7, 11) is 0. The summed E-state index contributed by atoms with van der Waals surface area (Å²) >= 11 is 6.50. The number of hydrogen-bond donors (Lipinski definition) is 1. The Kier molecular flexibility index (Phi) is 7.09. The minimum Gasteiger partial charge on any atom is -0.486 e. The summed E-state index contributed by atoms with van der Waals surface area (Å²) < 4.78 is 19.5. The molecule has 0 saturated carbocycles. The lowest BCUT2D eigenvalue weighted by atomic mass is 10.3. The minimum absolute atomic E-state index is 0.275. The van der Waals surface area contributed by atoms with Crippen molar-refractivity contribution in [2.45, 2.75) is 23.1 Å². The van der Waals surface area contributed by atoms with Crippen LogP contribution in [0.3, 0.4) is 0 Å². The van der Waals surface area contributed by atoms with Gasteiger partial charge in [0, 0.05) is 22.6 Å². The quantitative estimate of drug-likeness (QED) is 0.303. The summed E-state index contributed by atoms with van der Waals surface area (Å²) in [6.45, 7) is 1.22. The number of aromatic nitrogens is 3. The van der Waals surface area contributed by atoms with E-state index in [9.17, 15) is 4.39 Å². The Labute approximate surface area is 184 Å². The van der Waals surface area contributed by atoms with Gasteiger partial charge in [-0.3, -0.25) is 0 Å². The maximum absolute atomic E-state index is 12.9. The van der Waals surface area contributed by atoms with Crippen LogP contribution in [-0.4, -0.2) is 21.7 Å². The molecule has 0 atom stereocenters. The lowest BCUT2D eigenvalue weighted by molar-refractivity contribution is 0.305. The first-order valence-corrected chi connectivity index (χ1v) is 12.3. The number of nitrogens with zero attached hydrogens (tertiary/aromatic N) is 3. The molecule has 0 amide bonds. The number of thioether (sulfide) groups is 1. The normalized spacial score (nSPS) is 10.9. The van der Waals surface area contributed by atoms with Crippen molar-refractivity contribution < 1.29 is 9.13 Å². The molecule has 0 aliphatic heterocycles. The molecule has 0 saturated heterocycles. The smallest absolute Gasteiger partial charge is 0.206 e. The second-order valence-electron chi connectivity index (χ2n) is 5.89. The molecular formula is C19H17FN4OS4. The van der Waals surface area contributed by atoms with Crippen LogP contribution in [-0.2, 0) is 18.8 Å². The third-order valence-corrected chi connectivity index (χ3v) is 7.61. The van der Waals surface area contributed by atoms with Crippen LogP contribution in [0.2, 0.25) is 0 Å². The van der Waals surface area contributed by atoms with Crippen LogP contribution in [0.4, 0.5) is 9.52 Å². The minimum atomic E-state index is -0.275. The summed E-state index contributed by atoms with van der Waals surface area (Å²) in [4.78, 5) is 5.94. The molecule has 1 aromatic carbocycles. The van der Waals surface area contributed by atoms with Gasteiger partial charge in [-0.05, 0) is 42.1 Å². The van der Waals surface area contributed by atoms with Crippen LogP contribution in [0.25, 0.3) is 0 Å². The van der Waals surface area contributed by atoms with Crippen molar-refractivity contribution in [3.8, 4) is 5.75 Å². The summed E-state index contributed by atoms with van der Waals surface area (Å²) in [5, 5.41) is 17.6. The number of ether oxygens (including phenoxy) is 1. The molecule has 5 nitrogen and oxygen atoms in total. The van der Waals surface area contributed by atoms with E-state index in [1.807, 2.05) is 5.38 Å². The monoisotopic (exact) mass is 464 g/mol. The lowest BCUT2D eigenvalue weighted by Crippen LogP contribution is -2.03. The number of halogens is 1. The van der Waals surface area contributed by atoms with Crippen LogP contribution in [0.15, 0.2) is 51.5 Å². The number of thiazole rings is 1. The van der Waals surface area contributed by atoms with Gasteiger partial charge in [0.2, 0.25) is 5.13 Å². The van der Waals surface area contributed by atoms with E-state index in [2.05, 4.69) is 38.0 Å². The third-order valence-electron chi connectivity index (χ3n) is 3.75. The highest BCUT2D eigenvalue weighted by molar-refractivity contribution is 8.00. The van der Waals surface area contributed by atoms with Crippen LogP contribution in [0.1, 0.15) is 15.6 Å². The fraction of sp³-hybridized carbons (Fsp3) is 0.211. The van der Waals surface area contributed by atoms with E-state index in [1.54, 1.807) is 57.9 Å². The Balaban J connectivity index is 1.20. The molecule has 0 bridgehead atoms. The Morgan fingerprint density at radius 1 is 1.10 bits per heavy atom. The number of benzene rings is 1. The summed E-state index contributed by atoms with van der Waals surface area (Å²) in [6.07, 6.45) is 0.987. The summed E-state index contributed by atoms with van der Waals surface area (Å²) in [6, 6.07) is 10.2. The summed E-state index contributed by atoms with van der Waals surface area (Å²) in [5.74, 6) is 1.09. The molecule has 4 rings (SSSR count). The molecule has 0 radical (unpaired) electrons. The molecule has 0 unspecified atom stereocenters. The zero-order valence-corrected chi connectivity index (χ0v) is 18.5. The fourth-order valence-electron chi connectivity index (χ4n) is 2.38. The van der Waals surface area contributed by atoms with Gasteiger partial charge in [-0.1, -0.05) is 29.2 Å². The number of anilines is 1. The molecule has 0 spiro atoms. The molecule has 3 aromatic heterocycles. The van der Waals surface area contributed by atoms with Crippen LogP contribution >= 0.6 is 45.8 Å². The number of hydrogen-bond acceptors (Lipinski definition) is 9. The lowest BCUT2D eigenvalue weighted by Gasteiger charge is -2.03.